The number of aliphatic carboxylic acids is 1. The molecule has 0 aliphatic carbocycles. The molecule has 0 fully saturated rings. The number of nitrogens with zero attached hydrogens (tertiary/aromatic N) is 1. The number of amides is 2. The Balaban J connectivity index is 2.40. The van der Waals surface area contributed by atoms with Gasteiger partial charge in [-0.15, -0.1) is 0 Å². The van der Waals surface area contributed by atoms with Crippen molar-refractivity contribution in [2.24, 2.45) is 0 Å². The fourth-order valence-electron chi connectivity index (χ4n) is 2.07. The fourth-order valence-corrected chi connectivity index (χ4v) is 3.67. The van der Waals surface area contributed by atoms with Crippen LogP contribution in [0.25, 0.3) is 0 Å². The van der Waals surface area contributed by atoms with Crippen LogP contribution in [0.1, 0.15) is 34.6 Å². The van der Waals surface area contributed by atoms with E-state index in [0.717, 1.165) is 10.4 Å². The van der Waals surface area contributed by atoms with E-state index in [1.54, 1.807) is 0 Å². The van der Waals surface area contributed by atoms with Gasteiger partial charge in [-0.1, -0.05) is 0 Å². The summed E-state index contributed by atoms with van der Waals surface area (Å²) in [7, 11) is -3.96. The summed E-state index contributed by atoms with van der Waals surface area (Å²) in [6.45, 7) is 2.81. The lowest BCUT2D eigenvalue weighted by atomic mass is 10.1. The van der Waals surface area contributed by atoms with Gasteiger partial charge in [-0.3, -0.25) is 14.4 Å². The molecule has 2 rings (SSSR count). The van der Waals surface area contributed by atoms with Gasteiger partial charge >= 0.3 is 5.97 Å². The Kier molecular flexibility index (Phi) is 3.92. The lowest BCUT2D eigenvalue weighted by Crippen LogP contribution is -2.38. The Bertz CT molecular complexity index is 771. The highest BCUT2D eigenvalue weighted by Crippen LogP contribution is 2.30. The number of carbonyl (C=O) groups excluding carboxylic acids is 2. The first kappa shape index (κ1) is 16.0. The number of hydrogen-bond acceptors (Lipinski definition) is 5. The number of nitrogens with one attached hydrogen (secondary N) is 1. The smallest absolute Gasteiger partial charge is 0.325 e. The van der Waals surface area contributed by atoms with E-state index in [1.807, 2.05) is 0 Å². The Morgan fingerprint density at radius 3 is 2.55 bits per heavy atom. The van der Waals surface area contributed by atoms with Gasteiger partial charge in [-0.2, -0.15) is 0 Å². The van der Waals surface area contributed by atoms with E-state index < -0.39 is 33.8 Å². The second-order valence-corrected chi connectivity index (χ2v) is 6.55. The van der Waals surface area contributed by atoms with Crippen LogP contribution in [0, 0.1) is 0 Å². The average molecular weight is 326 g/mol. The Labute approximate surface area is 126 Å². The molecule has 9 heteroatoms. The highest BCUT2D eigenvalue weighted by Gasteiger charge is 2.40. The number of carbonyl (C=O) groups is 3. The molecule has 1 aliphatic heterocycles. The van der Waals surface area contributed by atoms with Crippen molar-refractivity contribution in [3.8, 4) is 0 Å². The van der Waals surface area contributed by atoms with Crippen LogP contribution in [-0.2, 0) is 14.8 Å². The van der Waals surface area contributed by atoms with E-state index in [0.29, 0.717) is 0 Å². The van der Waals surface area contributed by atoms with Crippen LogP contribution in [0.2, 0.25) is 0 Å². The first-order valence-corrected chi connectivity index (χ1v) is 7.89. The van der Waals surface area contributed by atoms with Gasteiger partial charge in [0.2, 0.25) is 0 Å². The fraction of sp³-hybridized carbons (Fsp3) is 0.308. The van der Waals surface area contributed by atoms with E-state index in [1.165, 1.54) is 26.0 Å². The molecule has 0 saturated carbocycles. The van der Waals surface area contributed by atoms with Crippen molar-refractivity contribution in [3.63, 3.8) is 0 Å². The Morgan fingerprint density at radius 1 is 1.36 bits per heavy atom. The highest BCUT2D eigenvalue weighted by atomic mass is 32.2. The first-order valence-electron chi connectivity index (χ1n) is 6.45. The van der Waals surface area contributed by atoms with Crippen LogP contribution in [0.5, 0.6) is 0 Å². The van der Waals surface area contributed by atoms with Gasteiger partial charge in [0.1, 0.15) is 10.9 Å². The topological polar surface area (TPSA) is 121 Å². The maximum Gasteiger partial charge on any atom is 0.325 e. The van der Waals surface area contributed by atoms with Gasteiger partial charge in [-0.25, -0.2) is 12.7 Å². The van der Waals surface area contributed by atoms with Gasteiger partial charge in [0.25, 0.3) is 21.8 Å². The summed E-state index contributed by atoms with van der Waals surface area (Å²) in [4.78, 5) is 34.4. The van der Waals surface area contributed by atoms with Crippen molar-refractivity contribution in [2.75, 3.05) is 6.54 Å². The summed E-state index contributed by atoms with van der Waals surface area (Å²) in [5, 5.41) is 11.0. The third-order valence-electron chi connectivity index (χ3n) is 3.27. The molecule has 22 heavy (non-hydrogen) atoms. The minimum Gasteiger partial charge on any atom is -0.480 e. The second kappa shape index (κ2) is 5.41. The molecular weight excluding hydrogens is 312 g/mol. The van der Waals surface area contributed by atoms with E-state index in [2.05, 4.69) is 5.32 Å². The molecule has 1 aliphatic rings. The van der Waals surface area contributed by atoms with Gasteiger partial charge in [0, 0.05) is 12.1 Å². The SMILES string of the molecule is CCN1C(=O)c2ccc(C(=O)N[C@@H](C)C(=O)O)cc2S1(=O)=O. The third-order valence-corrected chi connectivity index (χ3v) is 5.17. The third kappa shape index (κ3) is 2.43. The molecule has 0 bridgehead atoms. The minimum atomic E-state index is -3.96. The molecule has 0 radical (unpaired) electrons. The van der Waals surface area contributed by atoms with Gasteiger partial charge < -0.3 is 10.4 Å². The molecule has 0 aromatic heterocycles. The quantitative estimate of drug-likeness (QED) is 0.806. The number of benzene rings is 1. The van der Waals surface area contributed by atoms with Crippen LogP contribution >= 0.6 is 0 Å². The lowest BCUT2D eigenvalue weighted by molar-refractivity contribution is -0.138. The monoisotopic (exact) mass is 326 g/mol. The predicted octanol–water partition coefficient (Wildman–Crippen LogP) is 0.0539. The maximum atomic E-state index is 12.2. The molecule has 0 saturated heterocycles. The summed E-state index contributed by atoms with van der Waals surface area (Å²) < 4.78 is 25.1. The average Bonchev–Trinajstić information content (AvgIpc) is 2.65. The Morgan fingerprint density at radius 2 is 2.00 bits per heavy atom. The zero-order chi connectivity index (χ0) is 16.7. The zero-order valence-electron chi connectivity index (χ0n) is 11.9. The largest absolute Gasteiger partial charge is 0.480 e. The number of carboxylic acid groups (broad SMARTS) is 1. The molecule has 0 spiro atoms. The van der Waals surface area contributed by atoms with Gasteiger partial charge in [0.05, 0.1) is 5.56 Å². The van der Waals surface area contributed by atoms with Crippen LogP contribution in [0.3, 0.4) is 0 Å². The zero-order valence-corrected chi connectivity index (χ0v) is 12.7. The summed E-state index contributed by atoms with van der Waals surface area (Å²) in [6.07, 6.45) is 0. The van der Waals surface area contributed by atoms with Gasteiger partial charge in [0.15, 0.2) is 0 Å². The summed E-state index contributed by atoms with van der Waals surface area (Å²) >= 11 is 0. The van der Waals surface area contributed by atoms with Crippen LogP contribution in [0.15, 0.2) is 23.1 Å². The summed E-state index contributed by atoms with van der Waals surface area (Å²) in [5.41, 5.74) is -0.0224. The molecule has 2 N–H and O–H groups in total. The number of rotatable bonds is 4. The molecule has 1 aromatic rings. The lowest BCUT2D eigenvalue weighted by Gasteiger charge is -2.11. The van der Waals surface area contributed by atoms with Crippen molar-refractivity contribution >= 4 is 27.8 Å². The Hall–Kier alpha value is -2.42. The van der Waals surface area contributed by atoms with Crippen molar-refractivity contribution in [1.29, 1.82) is 0 Å². The van der Waals surface area contributed by atoms with Crippen molar-refractivity contribution in [3.05, 3.63) is 29.3 Å². The minimum absolute atomic E-state index is 0.00434. The molecule has 118 valence electrons. The molecular formula is C13H14N2O6S. The molecule has 2 amide bonds. The molecule has 1 aromatic carbocycles. The highest BCUT2D eigenvalue weighted by molar-refractivity contribution is 7.90. The predicted molar refractivity (Wildman–Crippen MR) is 74.9 cm³/mol. The van der Waals surface area contributed by atoms with E-state index in [4.69, 9.17) is 5.11 Å². The standard InChI is InChI=1S/C13H14N2O6S/c1-3-15-12(17)9-5-4-8(6-10(9)22(15,20)21)11(16)14-7(2)13(18)19/h4-7H,3H2,1-2H3,(H,14,16)(H,18,19)/t7-/m0/s1. The van der Waals surface area contributed by atoms with E-state index in [-0.39, 0.29) is 22.6 Å². The molecule has 1 atom stereocenters. The first-order chi connectivity index (χ1) is 10.2. The number of sulfonamides is 1. The van der Waals surface area contributed by atoms with E-state index >= 15 is 0 Å². The number of hydrogen-bond donors (Lipinski definition) is 2. The summed E-state index contributed by atoms with van der Waals surface area (Å²) in [5.74, 6) is -2.58. The molecule has 0 unspecified atom stereocenters. The molecule has 8 nitrogen and oxygen atoms in total. The van der Waals surface area contributed by atoms with Crippen LogP contribution < -0.4 is 5.32 Å². The van der Waals surface area contributed by atoms with Gasteiger partial charge in [-0.05, 0) is 32.0 Å². The number of carboxylic acids is 1. The van der Waals surface area contributed by atoms with Crippen molar-refractivity contribution in [2.45, 2.75) is 24.8 Å². The normalized spacial score (nSPS) is 17.0. The van der Waals surface area contributed by atoms with E-state index in [9.17, 15) is 22.8 Å². The summed E-state index contributed by atoms with van der Waals surface area (Å²) in [6, 6.07) is 2.51. The van der Waals surface area contributed by atoms with Crippen LogP contribution in [-0.4, -0.2) is 48.2 Å². The number of fused-ring (bicyclic) bond motifs is 1. The maximum absolute atomic E-state index is 12.2. The molecule has 1 heterocycles. The van der Waals surface area contributed by atoms with Crippen molar-refractivity contribution < 1.29 is 27.9 Å². The second-order valence-electron chi connectivity index (χ2n) is 4.72. The van der Waals surface area contributed by atoms with Crippen LogP contribution in [0.4, 0.5) is 0 Å². The van der Waals surface area contributed by atoms with Crippen molar-refractivity contribution in [1.82, 2.24) is 9.62 Å².